The maximum Gasteiger partial charge on any atom is 0.468 e. The van der Waals surface area contributed by atoms with Crippen LogP contribution in [0.1, 0.15) is 26.2 Å². The van der Waals surface area contributed by atoms with Crippen LogP contribution in [0.3, 0.4) is 0 Å². The van der Waals surface area contributed by atoms with Gasteiger partial charge in [-0.3, -0.25) is 4.79 Å². The molecular weight excluding hydrogens is 248 g/mol. The Morgan fingerprint density at radius 3 is 2.68 bits per heavy atom. The van der Waals surface area contributed by atoms with Crippen LogP contribution in [0.15, 0.2) is 24.3 Å². The first kappa shape index (κ1) is 13.0. The summed E-state index contributed by atoms with van der Waals surface area (Å²) in [6, 6.07) is 6.27. The number of nitrogens with zero attached hydrogens (tertiary/aromatic N) is 3. The highest BCUT2D eigenvalue weighted by Gasteiger charge is 2.21. The summed E-state index contributed by atoms with van der Waals surface area (Å²) in [6.07, 6.45) is 1.89. The molecule has 1 heterocycles. The molecule has 2 rings (SSSR count). The number of hydrogen-bond donors (Lipinski definition) is 1. The molecule has 0 saturated heterocycles. The number of nitrogens with one attached hydrogen (secondary N) is 1. The Morgan fingerprint density at radius 1 is 1.32 bits per heavy atom. The molecule has 0 bridgehead atoms. The van der Waals surface area contributed by atoms with Crippen molar-refractivity contribution in [1.29, 1.82) is 0 Å². The molecule has 0 aliphatic heterocycles. The molecule has 7 nitrogen and oxygen atoms in total. The molecule has 1 aromatic carbocycles. The second-order valence-electron chi connectivity index (χ2n) is 4.13. The van der Waals surface area contributed by atoms with Crippen LogP contribution in [0.4, 0.5) is 5.95 Å². The lowest BCUT2D eigenvalue weighted by Crippen LogP contribution is -2.44. The van der Waals surface area contributed by atoms with Crippen molar-refractivity contribution in [2.75, 3.05) is 5.32 Å². The lowest BCUT2D eigenvalue weighted by molar-refractivity contribution is -0.672. The number of benzene rings is 1. The maximum absolute atomic E-state index is 12.0. The molecule has 0 saturated carbocycles. The largest absolute Gasteiger partial charge is 0.739 e. The van der Waals surface area contributed by atoms with E-state index in [1.54, 1.807) is 12.1 Å². The van der Waals surface area contributed by atoms with E-state index in [2.05, 4.69) is 10.4 Å². The number of unbranched alkanes of at least 4 members (excludes halogenated alkanes) is 1. The minimum Gasteiger partial charge on any atom is -0.739 e. The Labute approximate surface area is 109 Å². The van der Waals surface area contributed by atoms with Crippen LogP contribution in [-0.4, -0.2) is 11.0 Å². The number of hydrogen-bond acceptors (Lipinski definition) is 4. The van der Waals surface area contributed by atoms with Gasteiger partial charge in [0, 0.05) is 17.3 Å². The highest BCUT2D eigenvalue weighted by atomic mass is 16.5. The van der Waals surface area contributed by atoms with Gasteiger partial charge in [0.2, 0.25) is 5.10 Å². The van der Waals surface area contributed by atoms with Crippen molar-refractivity contribution in [1.82, 2.24) is 5.10 Å². The molecule has 19 heavy (non-hydrogen) atoms. The molecule has 0 unspecified atom stereocenters. The summed E-state index contributed by atoms with van der Waals surface area (Å²) in [5.74, 6) is -0.621. The predicted octanol–water partition coefficient (Wildman–Crippen LogP) is 0.630. The number of anilines is 1. The molecule has 1 amide bonds. The molecule has 0 fully saturated rings. The van der Waals surface area contributed by atoms with Crippen LogP contribution in [0.2, 0.25) is 0 Å². The third-order valence-corrected chi connectivity index (χ3v) is 2.69. The van der Waals surface area contributed by atoms with E-state index in [0.29, 0.717) is 16.0 Å². The zero-order valence-corrected chi connectivity index (χ0v) is 10.5. The quantitative estimate of drug-likeness (QED) is 0.645. The highest BCUT2D eigenvalue weighted by molar-refractivity contribution is 5.88. The van der Waals surface area contributed by atoms with Crippen molar-refractivity contribution in [3.8, 4) is 0 Å². The third kappa shape index (κ3) is 2.70. The Kier molecular flexibility index (Phi) is 3.74. The first-order valence-corrected chi connectivity index (χ1v) is 6.05. The zero-order valence-electron chi connectivity index (χ0n) is 10.5. The van der Waals surface area contributed by atoms with E-state index in [0.717, 1.165) is 12.8 Å². The Hall–Kier alpha value is -2.44. The van der Waals surface area contributed by atoms with Gasteiger partial charge in [-0.15, -0.1) is 0 Å². The summed E-state index contributed by atoms with van der Waals surface area (Å²) in [4.78, 5) is 11.9. The molecule has 0 atom stereocenters. The van der Waals surface area contributed by atoms with Crippen LogP contribution < -0.4 is 14.9 Å². The van der Waals surface area contributed by atoms with E-state index >= 15 is 0 Å². The van der Waals surface area contributed by atoms with E-state index in [-0.39, 0.29) is 22.9 Å². The number of amides is 1. The molecule has 0 radical (unpaired) electrons. The second kappa shape index (κ2) is 5.47. The second-order valence-corrected chi connectivity index (χ2v) is 4.13. The molecular formula is C12H14N4O3. The standard InChI is InChI=1S/C12H14N4O3/c1-2-3-8-11(17)13-12-14-16(19)10-7-5-4-6-9(10)15(12)18/h4-7H,2-3,8H2,1H3,(H,13,14,17). The number of carbonyl (C=O) groups excluding carboxylic acids is 1. The maximum atomic E-state index is 12.0. The fourth-order valence-electron chi connectivity index (χ4n) is 1.69. The lowest BCUT2D eigenvalue weighted by Gasteiger charge is -2.08. The van der Waals surface area contributed by atoms with Crippen LogP contribution in [-0.2, 0) is 4.79 Å². The number of carbonyl (C=O) groups is 1. The van der Waals surface area contributed by atoms with Gasteiger partial charge in [0.15, 0.2) is 5.52 Å². The Balaban J connectivity index is 2.34. The van der Waals surface area contributed by atoms with Crippen molar-refractivity contribution >= 4 is 22.9 Å². The van der Waals surface area contributed by atoms with E-state index in [4.69, 9.17) is 0 Å². The fraction of sp³-hybridized carbons (Fsp3) is 0.333. The molecule has 7 heteroatoms. The van der Waals surface area contributed by atoms with E-state index in [9.17, 15) is 15.2 Å². The minimum absolute atomic E-state index is 0.157. The third-order valence-electron chi connectivity index (χ3n) is 2.69. The van der Waals surface area contributed by atoms with Crippen LogP contribution >= 0.6 is 0 Å². The van der Waals surface area contributed by atoms with Crippen LogP contribution in [0, 0.1) is 10.4 Å². The topological polar surface area (TPSA) is 95.9 Å². The lowest BCUT2D eigenvalue weighted by atomic mass is 10.2. The number of para-hydroxylation sites is 2. The number of aromatic nitrogens is 3. The smallest absolute Gasteiger partial charge is 0.468 e. The van der Waals surface area contributed by atoms with Gasteiger partial charge in [0.05, 0.1) is 0 Å². The van der Waals surface area contributed by atoms with Crippen molar-refractivity contribution in [3.05, 3.63) is 34.7 Å². The SMILES string of the molecule is CCCCC(=O)Nc1n[n+]([O-])c2ccccc2[n+]1[O-]. The van der Waals surface area contributed by atoms with Gasteiger partial charge in [-0.1, -0.05) is 25.5 Å². The zero-order chi connectivity index (χ0) is 13.8. The van der Waals surface area contributed by atoms with Crippen molar-refractivity contribution in [2.24, 2.45) is 0 Å². The summed E-state index contributed by atoms with van der Waals surface area (Å²) >= 11 is 0. The molecule has 0 aliphatic rings. The highest BCUT2D eigenvalue weighted by Crippen LogP contribution is 2.06. The predicted molar refractivity (Wildman–Crippen MR) is 67.8 cm³/mol. The van der Waals surface area contributed by atoms with Gasteiger partial charge in [-0.25, -0.2) is 10.0 Å². The fourth-order valence-corrected chi connectivity index (χ4v) is 1.69. The first-order chi connectivity index (χ1) is 9.13. The van der Waals surface area contributed by atoms with Crippen molar-refractivity contribution < 1.29 is 14.4 Å². The van der Waals surface area contributed by atoms with Crippen molar-refractivity contribution in [3.63, 3.8) is 0 Å². The molecule has 0 aliphatic carbocycles. The van der Waals surface area contributed by atoms with Gasteiger partial charge >= 0.3 is 5.95 Å². The molecule has 1 aromatic heterocycles. The molecule has 0 spiro atoms. The van der Waals surface area contributed by atoms with E-state index in [1.807, 2.05) is 6.92 Å². The molecule has 100 valence electrons. The van der Waals surface area contributed by atoms with E-state index in [1.165, 1.54) is 12.1 Å². The summed E-state index contributed by atoms with van der Waals surface area (Å²) in [5.41, 5.74) is 0.322. The van der Waals surface area contributed by atoms with Gasteiger partial charge in [0.25, 0.3) is 11.4 Å². The normalized spacial score (nSPS) is 10.6. The van der Waals surface area contributed by atoms with Gasteiger partial charge in [-0.05, 0) is 12.5 Å². The number of rotatable bonds is 4. The van der Waals surface area contributed by atoms with Gasteiger partial charge < -0.3 is 10.4 Å². The summed E-state index contributed by atoms with van der Waals surface area (Å²) < 4.78 is 0.452. The summed E-state index contributed by atoms with van der Waals surface area (Å²) in [6.45, 7) is 1.96. The first-order valence-electron chi connectivity index (χ1n) is 6.05. The minimum atomic E-state index is -0.325. The molecule has 2 aromatic rings. The van der Waals surface area contributed by atoms with Gasteiger partial charge in [-0.2, -0.15) is 0 Å². The summed E-state index contributed by atoms with van der Waals surface area (Å²) in [5, 5.41) is 29.5. The van der Waals surface area contributed by atoms with E-state index < -0.39 is 0 Å². The van der Waals surface area contributed by atoms with Crippen LogP contribution in [0.25, 0.3) is 11.0 Å². The van der Waals surface area contributed by atoms with Gasteiger partial charge in [0.1, 0.15) is 0 Å². The average molecular weight is 262 g/mol. The Bertz CT molecular complexity index is 615. The average Bonchev–Trinajstić information content (AvgIpc) is 2.42. The van der Waals surface area contributed by atoms with Crippen molar-refractivity contribution in [2.45, 2.75) is 26.2 Å². The summed E-state index contributed by atoms with van der Waals surface area (Å²) in [7, 11) is 0. The van der Waals surface area contributed by atoms with Crippen LogP contribution in [0.5, 0.6) is 0 Å². The number of fused-ring (bicyclic) bond motifs is 1. The monoisotopic (exact) mass is 262 g/mol. The Morgan fingerprint density at radius 2 is 2.00 bits per heavy atom. The molecule has 1 N–H and O–H groups in total.